The number of hydrogen-bond donors (Lipinski definition) is 1. The number of alkyl halides is 3. The van der Waals surface area contributed by atoms with Crippen LogP contribution in [0.2, 0.25) is 0 Å². The molecule has 0 aromatic carbocycles. The number of carbonyl (C=O) groups excluding carboxylic acids is 1. The molecular formula is C18H19F3N4O2. The first kappa shape index (κ1) is 19.2. The van der Waals surface area contributed by atoms with Crippen molar-refractivity contribution in [2.45, 2.75) is 12.2 Å². The number of methoxy groups -OCH3 is 1. The highest BCUT2D eigenvalue weighted by Gasteiger charge is 2.37. The number of nitrogens with zero attached hydrogens (tertiary/aromatic N) is 3. The highest BCUT2D eigenvalue weighted by molar-refractivity contribution is 6.08. The third kappa shape index (κ3) is 4.42. The molecule has 0 radical (unpaired) electrons. The van der Waals surface area contributed by atoms with Crippen LogP contribution in [0.1, 0.15) is 21.6 Å². The number of anilines is 1. The quantitative estimate of drug-likeness (QED) is 0.802. The summed E-state index contributed by atoms with van der Waals surface area (Å²) in [5.74, 6) is -0.473. The van der Waals surface area contributed by atoms with Gasteiger partial charge in [0.15, 0.2) is 0 Å². The van der Waals surface area contributed by atoms with Crippen molar-refractivity contribution in [2.75, 3.05) is 38.3 Å². The fourth-order valence-electron chi connectivity index (χ4n) is 3.01. The molecule has 0 spiro atoms. The van der Waals surface area contributed by atoms with E-state index in [4.69, 9.17) is 4.74 Å². The van der Waals surface area contributed by atoms with Crippen LogP contribution in [0.25, 0.3) is 0 Å². The van der Waals surface area contributed by atoms with Gasteiger partial charge in [0.05, 0.1) is 12.2 Å². The number of pyridine rings is 2. The summed E-state index contributed by atoms with van der Waals surface area (Å²) in [5.41, 5.74) is -1.61. The van der Waals surface area contributed by atoms with Gasteiger partial charge in [-0.1, -0.05) is 0 Å². The largest absolute Gasteiger partial charge is 0.418 e. The van der Waals surface area contributed by atoms with Crippen LogP contribution >= 0.6 is 0 Å². The SMILES string of the molecule is COCC1CN(c2ccc(C(F)(F)F)c(C(=O)c3cccnc3)n2)CCN1. The molecule has 0 bridgehead atoms. The number of ketones is 1. The summed E-state index contributed by atoms with van der Waals surface area (Å²) in [6, 6.07) is 5.17. The summed E-state index contributed by atoms with van der Waals surface area (Å²) in [6.45, 7) is 2.20. The van der Waals surface area contributed by atoms with Crippen molar-refractivity contribution in [1.82, 2.24) is 15.3 Å². The van der Waals surface area contributed by atoms with Gasteiger partial charge in [0, 0.05) is 50.7 Å². The molecule has 27 heavy (non-hydrogen) atoms. The zero-order valence-corrected chi connectivity index (χ0v) is 14.7. The maximum atomic E-state index is 13.4. The second-order valence-corrected chi connectivity index (χ2v) is 6.19. The van der Waals surface area contributed by atoms with Gasteiger partial charge in [-0.05, 0) is 24.3 Å². The Hall–Kier alpha value is -2.52. The van der Waals surface area contributed by atoms with Crippen LogP contribution in [0.3, 0.4) is 0 Å². The molecule has 0 aliphatic carbocycles. The number of hydrogen-bond acceptors (Lipinski definition) is 6. The molecule has 1 saturated heterocycles. The molecule has 1 N–H and O–H groups in total. The van der Waals surface area contributed by atoms with Crippen molar-refractivity contribution in [3.05, 3.63) is 53.5 Å². The zero-order chi connectivity index (χ0) is 19.4. The van der Waals surface area contributed by atoms with E-state index in [9.17, 15) is 18.0 Å². The average molecular weight is 380 g/mol. The van der Waals surface area contributed by atoms with Gasteiger partial charge in [0.1, 0.15) is 11.5 Å². The number of aromatic nitrogens is 2. The van der Waals surface area contributed by atoms with Gasteiger partial charge in [0.2, 0.25) is 5.78 Å². The Labute approximate surface area is 154 Å². The summed E-state index contributed by atoms with van der Waals surface area (Å²) in [7, 11) is 1.58. The molecular weight excluding hydrogens is 361 g/mol. The molecule has 0 amide bonds. The highest BCUT2D eigenvalue weighted by atomic mass is 19.4. The lowest BCUT2D eigenvalue weighted by Gasteiger charge is -2.34. The van der Waals surface area contributed by atoms with E-state index in [1.807, 2.05) is 4.90 Å². The van der Waals surface area contributed by atoms with Gasteiger partial charge in [-0.15, -0.1) is 0 Å². The molecule has 1 aliphatic heterocycles. The summed E-state index contributed by atoms with van der Waals surface area (Å²) >= 11 is 0. The van der Waals surface area contributed by atoms with Crippen molar-refractivity contribution in [3.63, 3.8) is 0 Å². The van der Waals surface area contributed by atoms with E-state index in [2.05, 4.69) is 15.3 Å². The van der Waals surface area contributed by atoms with Crippen LogP contribution in [0.5, 0.6) is 0 Å². The predicted molar refractivity (Wildman–Crippen MR) is 92.8 cm³/mol. The maximum absolute atomic E-state index is 13.4. The van der Waals surface area contributed by atoms with E-state index in [0.29, 0.717) is 32.1 Å². The molecule has 1 atom stereocenters. The van der Waals surface area contributed by atoms with E-state index in [0.717, 1.165) is 6.07 Å². The lowest BCUT2D eigenvalue weighted by molar-refractivity contribution is -0.138. The Morgan fingerprint density at radius 2 is 2.19 bits per heavy atom. The van der Waals surface area contributed by atoms with E-state index in [-0.39, 0.29) is 11.6 Å². The Bertz CT molecular complexity index is 797. The highest BCUT2D eigenvalue weighted by Crippen LogP contribution is 2.33. The van der Waals surface area contributed by atoms with Gasteiger partial charge >= 0.3 is 6.18 Å². The molecule has 9 heteroatoms. The van der Waals surface area contributed by atoms with E-state index in [1.165, 1.54) is 30.6 Å². The van der Waals surface area contributed by atoms with Crippen molar-refractivity contribution in [2.24, 2.45) is 0 Å². The van der Waals surface area contributed by atoms with Crippen molar-refractivity contribution in [3.8, 4) is 0 Å². The summed E-state index contributed by atoms with van der Waals surface area (Å²) in [6.07, 6.45) is -2.00. The van der Waals surface area contributed by atoms with Crippen LogP contribution in [0.15, 0.2) is 36.7 Å². The van der Waals surface area contributed by atoms with Crippen molar-refractivity contribution < 1.29 is 22.7 Å². The van der Waals surface area contributed by atoms with Gasteiger partial charge in [-0.3, -0.25) is 9.78 Å². The first-order chi connectivity index (χ1) is 12.9. The molecule has 6 nitrogen and oxygen atoms in total. The maximum Gasteiger partial charge on any atom is 0.418 e. The number of rotatable bonds is 5. The molecule has 3 rings (SSSR count). The summed E-state index contributed by atoms with van der Waals surface area (Å²) in [4.78, 5) is 22.4. The normalized spacial score (nSPS) is 17.8. The van der Waals surface area contributed by atoms with Crippen molar-refractivity contribution in [1.29, 1.82) is 0 Å². The molecule has 1 unspecified atom stereocenters. The minimum Gasteiger partial charge on any atom is -0.383 e. The van der Waals surface area contributed by atoms with E-state index >= 15 is 0 Å². The Balaban J connectivity index is 1.97. The van der Waals surface area contributed by atoms with E-state index < -0.39 is 23.2 Å². The third-order valence-corrected chi connectivity index (χ3v) is 4.27. The van der Waals surface area contributed by atoms with Crippen LogP contribution < -0.4 is 10.2 Å². The Morgan fingerprint density at radius 1 is 1.37 bits per heavy atom. The lowest BCUT2D eigenvalue weighted by Crippen LogP contribution is -2.52. The number of nitrogens with one attached hydrogen (secondary N) is 1. The number of halogens is 3. The summed E-state index contributed by atoms with van der Waals surface area (Å²) in [5, 5.41) is 3.27. The molecule has 1 aliphatic rings. The fourth-order valence-corrected chi connectivity index (χ4v) is 3.01. The van der Waals surface area contributed by atoms with Crippen LogP contribution in [0, 0.1) is 0 Å². The second kappa shape index (κ2) is 8.01. The standard InChI is InChI=1S/C18H19F3N4O2/c1-27-11-13-10-25(8-7-23-13)15-5-4-14(18(19,20)21)16(24-15)17(26)12-3-2-6-22-9-12/h2-6,9,13,23H,7-8,10-11H2,1H3. The molecule has 144 valence electrons. The van der Waals surface area contributed by atoms with Gasteiger partial charge in [0.25, 0.3) is 0 Å². The Kier molecular flexibility index (Phi) is 5.71. The van der Waals surface area contributed by atoms with Crippen LogP contribution in [-0.4, -0.2) is 55.1 Å². The second-order valence-electron chi connectivity index (χ2n) is 6.19. The zero-order valence-electron chi connectivity index (χ0n) is 14.7. The molecule has 2 aromatic rings. The van der Waals surface area contributed by atoms with Gasteiger partial charge < -0.3 is 15.0 Å². The minimum absolute atomic E-state index is 0.0327. The smallest absolute Gasteiger partial charge is 0.383 e. The molecule has 3 heterocycles. The Morgan fingerprint density at radius 3 is 2.85 bits per heavy atom. The monoisotopic (exact) mass is 380 g/mol. The predicted octanol–water partition coefficient (Wildman–Crippen LogP) is 2.15. The number of piperazine rings is 1. The van der Waals surface area contributed by atoms with Gasteiger partial charge in [-0.2, -0.15) is 13.2 Å². The third-order valence-electron chi connectivity index (χ3n) is 4.27. The topological polar surface area (TPSA) is 67.3 Å². The molecule has 2 aromatic heterocycles. The minimum atomic E-state index is -4.68. The first-order valence-corrected chi connectivity index (χ1v) is 8.40. The van der Waals surface area contributed by atoms with E-state index in [1.54, 1.807) is 7.11 Å². The van der Waals surface area contributed by atoms with Crippen molar-refractivity contribution >= 4 is 11.6 Å². The molecule has 1 fully saturated rings. The summed E-state index contributed by atoms with van der Waals surface area (Å²) < 4.78 is 45.4. The number of ether oxygens (including phenoxy) is 1. The average Bonchev–Trinajstić information content (AvgIpc) is 2.67. The van der Waals surface area contributed by atoms with Crippen LogP contribution in [-0.2, 0) is 10.9 Å². The van der Waals surface area contributed by atoms with Crippen LogP contribution in [0.4, 0.5) is 19.0 Å². The number of carbonyl (C=O) groups is 1. The fraction of sp³-hybridized carbons (Fsp3) is 0.389. The lowest BCUT2D eigenvalue weighted by atomic mass is 10.0. The molecule has 0 saturated carbocycles. The van der Waals surface area contributed by atoms with Gasteiger partial charge in [-0.25, -0.2) is 4.98 Å². The first-order valence-electron chi connectivity index (χ1n) is 8.40.